The van der Waals surface area contributed by atoms with Gasteiger partial charge in [0.2, 0.25) is 5.91 Å². The monoisotopic (exact) mass is 191 g/mol. The maximum atomic E-state index is 11.4. The third kappa shape index (κ3) is 2.93. The number of nitrogens with one attached hydrogen (secondary N) is 1. The van der Waals surface area contributed by atoms with Gasteiger partial charge in [-0.1, -0.05) is 6.92 Å². The zero-order valence-corrected chi connectivity index (χ0v) is 8.96. The van der Waals surface area contributed by atoms with E-state index in [2.05, 4.69) is 5.32 Å². The second kappa shape index (κ2) is 4.60. The van der Waals surface area contributed by atoms with Crippen molar-refractivity contribution < 1.29 is 9.00 Å². The van der Waals surface area contributed by atoms with Crippen LogP contribution in [-0.2, 0) is 15.6 Å². The number of rotatable bonds is 4. The highest BCUT2D eigenvalue weighted by atomic mass is 32.2. The molecule has 4 heteroatoms. The van der Waals surface area contributed by atoms with Gasteiger partial charge in [0.05, 0.1) is 0 Å². The van der Waals surface area contributed by atoms with Crippen LogP contribution < -0.4 is 5.32 Å². The number of hydrogen-bond donors (Lipinski definition) is 1. The van der Waals surface area contributed by atoms with E-state index in [1.54, 1.807) is 20.1 Å². The van der Waals surface area contributed by atoms with E-state index in [1.165, 1.54) is 0 Å². The maximum absolute atomic E-state index is 11.4. The average Bonchev–Trinajstić information content (AvgIpc) is 1.99. The summed E-state index contributed by atoms with van der Waals surface area (Å²) in [5.41, 5.74) is 0. The summed E-state index contributed by atoms with van der Waals surface area (Å²) in [5, 5.41) is 2.72. The molecule has 0 heterocycles. The summed E-state index contributed by atoms with van der Waals surface area (Å²) in [6, 6.07) is 0. The SMILES string of the molecule is CCCNC(=O)C(C)(C)S(C)=O. The quantitative estimate of drug-likeness (QED) is 0.710. The highest BCUT2D eigenvalue weighted by molar-refractivity contribution is 7.86. The normalized spacial score (nSPS) is 14.0. The van der Waals surface area contributed by atoms with Gasteiger partial charge >= 0.3 is 0 Å². The fourth-order valence-electron chi connectivity index (χ4n) is 0.582. The predicted octanol–water partition coefficient (Wildman–Crippen LogP) is 0.670. The van der Waals surface area contributed by atoms with Gasteiger partial charge in [-0.05, 0) is 20.3 Å². The molecule has 0 spiro atoms. The first-order valence-electron chi connectivity index (χ1n) is 4.04. The molecule has 0 fully saturated rings. The van der Waals surface area contributed by atoms with Gasteiger partial charge in [-0.2, -0.15) is 0 Å². The van der Waals surface area contributed by atoms with E-state index in [1.807, 2.05) is 6.92 Å². The van der Waals surface area contributed by atoms with Gasteiger partial charge in [0.25, 0.3) is 0 Å². The van der Waals surface area contributed by atoms with Crippen LogP contribution in [0.5, 0.6) is 0 Å². The van der Waals surface area contributed by atoms with Crippen molar-refractivity contribution in [2.75, 3.05) is 12.8 Å². The Kier molecular flexibility index (Phi) is 4.45. The molecule has 0 aromatic rings. The van der Waals surface area contributed by atoms with Crippen LogP contribution in [0.1, 0.15) is 27.2 Å². The Labute approximate surface area is 76.4 Å². The summed E-state index contributed by atoms with van der Waals surface area (Å²) in [5.74, 6) is -0.134. The first-order valence-corrected chi connectivity index (χ1v) is 5.60. The molecular formula is C8H17NO2S. The highest BCUT2D eigenvalue weighted by Gasteiger charge is 2.31. The van der Waals surface area contributed by atoms with E-state index in [9.17, 15) is 9.00 Å². The third-order valence-corrected chi connectivity index (χ3v) is 3.42. The smallest absolute Gasteiger partial charge is 0.238 e. The molecule has 0 aliphatic rings. The largest absolute Gasteiger partial charge is 0.355 e. The van der Waals surface area contributed by atoms with Gasteiger partial charge < -0.3 is 5.32 Å². The van der Waals surface area contributed by atoms with E-state index < -0.39 is 15.5 Å². The molecule has 1 N–H and O–H groups in total. The lowest BCUT2D eigenvalue weighted by atomic mass is 10.2. The second-order valence-corrected chi connectivity index (χ2v) is 5.15. The van der Waals surface area contributed by atoms with E-state index in [-0.39, 0.29) is 5.91 Å². The van der Waals surface area contributed by atoms with Crippen molar-refractivity contribution >= 4 is 16.7 Å². The van der Waals surface area contributed by atoms with E-state index in [4.69, 9.17) is 0 Å². The Balaban J connectivity index is 4.16. The Hall–Kier alpha value is -0.380. The summed E-state index contributed by atoms with van der Waals surface area (Å²) >= 11 is 0. The third-order valence-electron chi connectivity index (χ3n) is 1.80. The van der Waals surface area contributed by atoms with Crippen LogP contribution >= 0.6 is 0 Å². The standard InChI is InChI=1S/C8H17NO2S/c1-5-6-9-7(10)8(2,3)12(4)11/h5-6H2,1-4H3,(H,9,10). The molecule has 72 valence electrons. The van der Waals surface area contributed by atoms with Crippen LogP contribution in [0.15, 0.2) is 0 Å². The molecule has 0 aromatic heterocycles. The number of carbonyl (C=O) groups excluding carboxylic acids is 1. The van der Waals surface area contributed by atoms with Gasteiger partial charge in [-0.3, -0.25) is 9.00 Å². The number of amides is 1. The van der Waals surface area contributed by atoms with Gasteiger partial charge in [-0.15, -0.1) is 0 Å². The lowest BCUT2D eigenvalue weighted by Crippen LogP contribution is -2.45. The topological polar surface area (TPSA) is 46.2 Å². The van der Waals surface area contributed by atoms with E-state index in [0.717, 1.165) is 6.42 Å². The van der Waals surface area contributed by atoms with Gasteiger partial charge in [0.15, 0.2) is 0 Å². The first-order chi connectivity index (χ1) is 5.42. The van der Waals surface area contributed by atoms with Crippen molar-refractivity contribution in [2.24, 2.45) is 0 Å². The van der Waals surface area contributed by atoms with E-state index >= 15 is 0 Å². The zero-order valence-electron chi connectivity index (χ0n) is 8.14. The minimum absolute atomic E-state index is 0.134. The molecule has 0 bridgehead atoms. The van der Waals surface area contributed by atoms with Gasteiger partial charge in [0, 0.05) is 23.6 Å². The van der Waals surface area contributed by atoms with Crippen LogP contribution in [-0.4, -0.2) is 27.7 Å². The zero-order chi connectivity index (χ0) is 9.78. The van der Waals surface area contributed by atoms with E-state index in [0.29, 0.717) is 6.54 Å². The molecule has 0 rings (SSSR count). The summed E-state index contributed by atoms with van der Waals surface area (Å²) in [6.07, 6.45) is 2.45. The van der Waals surface area contributed by atoms with Crippen molar-refractivity contribution in [3.8, 4) is 0 Å². The summed E-state index contributed by atoms with van der Waals surface area (Å²) < 4.78 is 10.4. The first kappa shape index (κ1) is 11.6. The fourth-order valence-corrected chi connectivity index (χ4v) is 0.915. The minimum Gasteiger partial charge on any atom is -0.355 e. The van der Waals surface area contributed by atoms with Crippen LogP contribution in [0, 0.1) is 0 Å². The van der Waals surface area contributed by atoms with Gasteiger partial charge in [-0.25, -0.2) is 0 Å². The van der Waals surface area contributed by atoms with Crippen LogP contribution in [0.2, 0.25) is 0 Å². The Morgan fingerprint density at radius 3 is 2.33 bits per heavy atom. The Morgan fingerprint density at radius 2 is 2.00 bits per heavy atom. The molecule has 0 aliphatic carbocycles. The maximum Gasteiger partial charge on any atom is 0.238 e. The molecule has 0 aromatic carbocycles. The lowest BCUT2D eigenvalue weighted by Gasteiger charge is -2.20. The number of hydrogen-bond acceptors (Lipinski definition) is 2. The van der Waals surface area contributed by atoms with Crippen LogP contribution in [0.4, 0.5) is 0 Å². The van der Waals surface area contributed by atoms with Crippen molar-refractivity contribution in [3.63, 3.8) is 0 Å². The van der Waals surface area contributed by atoms with Crippen molar-refractivity contribution in [2.45, 2.75) is 31.9 Å². The lowest BCUT2D eigenvalue weighted by molar-refractivity contribution is -0.122. The van der Waals surface area contributed by atoms with Crippen LogP contribution in [0.25, 0.3) is 0 Å². The van der Waals surface area contributed by atoms with Crippen molar-refractivity contribution in [1.82, 2.24) is 5.32 Å². The Bertz CT molecular complexity index is 189. The summed E-state index contributed by atoms with van der Waals surface area (Å²) in [4.78, 5) is 11.4. The predicted molar refractivity (Wildman–Crippen MR) is 51.4 cm³/mol. The van der Waals surface area contributed by atoms with Gasteiger partial charge in [0.1, 0.15) is 4.75 Å². The average molecular weight is 191 g/mol. The number of carbonyl (C=O) groups is 1. The van der Waals surface area contributed by atoms with Crippen molar-refractivity contribution in [3.05, 3.63) is 0 Å². The fraction of sp³-hybridized carbons (Fsp3) is 0.875. The molecule has 12 heavy (non-hydrogen) atoms. The molecule has 0 saturated heterocycles. The Morgan fingerprint density at radius 1 is 1.50 bits per heavy atom. The molecule has 1 unspecified atom stereocenters. The second-order valence-electron chi connectivity index (χ2n) is 3.22. The molecule has 0 radical (unpaired) electrons. The van der Waals surface area contributed by atoms with Crippen LogP contribution in [0.3, 0.4) is 0 Å². The van der Waals surface area contributed by atoms with Crippen molar-refractivity contribution in [1.29, 1.82) is 0 Å². The highest BCUT2D eigenvalue weighted by Crippen LogP contribution is 2.10. The summed E-state index contributed by atoms with van der Waals surface area (Å²) in [7, 11) is -1.12. The molecular weight excluding hydrogens is 174 g/mol. The molecule has 3 nitrogen and oxygen atoms in total. The molecule has 1 amide bonds. The molecule has 1 atom stereocenters. The molecule has 0 saturated carbocycles. The summed E-state index contributed by atoms with van der Waals surface area (Å²) in [6.45, 7) is 6.01. The molecule has 0 aliphatic heterocycles. The minimum atomic E-state index is -1.12.